The molecule has 2 N–H and O–H groups in total. The van der Waals surface area contributed by atoms with Gasteiger partial charge in [-0.05, 0) is 32.1 Å². The van der Waals surface area contributed by atoms with E-state index in [4.69, 9.17) is 14.2 Å². The van der Waals surface area contributed by atoms with E-state index in [0.29, 0.717) is 16.9 Å². The summed E-state index contributed by atoms with van der Waals surface area (Å²) in [5.41, 5.74) is 0.811. The van der Waals surface area contributed by atoms with Crippen LogP contribution in [0.1, 0.15) is 41.3 Å². The van der Waals surface area contributed by atoms with Crippen molar-refractivity contribution in [2.24, 2.45) is 0 Å². The van der Waals surface area contributed by atoms with E-state index < -0.39 is 11.5 Å². The third-order valence-electron chi connectivity index (χ3n) is 4.85. The Labute approximate surface area is 156 Å². The fraction of sp³-hybridized carbons (Fsp3) is 0.286. The molecule has 4 rings (SSSR count). The van der Waals surface area contributed by atoms with Crippen molar-refractivity contribution in [1.29, 1.82) is 0 Å². The highest BCUT2D eigenvalue weighted by molar-refractivity contribution is 6.07. The predicted octanol–water partition coefficient (Wildman–Crippen LogP) is 3.65. The highest BCUT2D eigenvalue weighted by atomic mass is 16.5. The first-order valence-electron chi connectivity index (χ1n) is 8.63. The number of benzene rings is 2. The molecular formula is C21H20O6. The van der Waals surface area contributed by atoms with E-state index in [2.05, 4.69) is 0 Å². The molecule has 6 heteroatoms. The maximum absolute atomic E-state index is 13.1. The van der Waals surface area contributed by atoms with Crippen LogP contribution in [0.4, 0.5) is 0 Å². The molecule has 2 heterocycles. The number of carbonyl (C=O) groups is 1. The molecular weight excluding hydrogens is 348 g/mol. The summed E-state index contributed by atoms with van der Waals surface area (Å²) in [5.74, 6) is 0.114. The van der Waals surface area contributed by atoms with Gasteiger partial charge in [0.25, 0.3) is 0 Å². The van der Waals surface area contributed by atoms with Crippen molar-refractivity contribution >= 4 is 11.9 Å². The predicted molar refractivity (Wildman–Crippen MR) is 99.1 cm³/mol. The van der Waals surface area contributed by atoms with Crippen LogP contribution < -0.4 is 14.2 Å². The van der Waals surface area contributed by atoms with E-state index in [1.807, 2.05) is 19.9 Å². The molecule has 0 saturated heterocycles. The van der Waals surface area contributed by atoms with E-state index in [1.54, 1.807) is 18.2 Å². The summed E-state index contributed by atoms with van der Waals surface area (Å²) in [4.78, 5) is 13.1. The molecule has 2 aliphatic rings. The molecule has 0 unspecified atom stereocenters. The summed E-state index contributed by atoms with van der Waals surface area (Å²) in [5, 5.41) is 20.5. The normalized spacial score (nSPS) is 19.5. The maximum atomic E-state index is 13.1. The van der Waals surface area contributed by atoms with Gasteiger partial charge in [-0.3, -0.25) is 4.79 Å². The smallest absolute Gasteiger partial charge is 0.181 e. The second kappa shape index (κ2) is 5.94. The van der Waals surface area contributed by atoms with Crippen LogP contribution in [0.15, 0.2) is 30.3 Å². The molecule has 2 aliphatic heterocycles. The summed E-state index contributed by atoms with van der Waals surface area (Å²) in [6.45, 7) is 3.91. The van der Waals surface area contributed by atoms with E-state index in [1.165, 1.54) is 19.2 Å². The molecule has 6 nitrogen and oxygen atoms in total. The van der Waals surface area contributed by atoms with Crippen LogP contribution in [0, 0.1) is 0 Å². The van der Waals surface area contributed by atoms with Crippen molar-refractivity contribution in [3.63, 3.8) is 0 Å². The zero-order valence-corrected chi connectivity index (χ0v) is 15.3. The van der Waals surface area contributed by atoms with Crippen molar-refractivity contribution in [3.8, 4) is 28.7 Å². The van der Waals surface area contributed by atoms with Crippen molar-refractivity contribution in [1.82, 2.24) is 0 Å². The number of aromatic hydroxyl groups is 2. The fourth-order valence-corrected chi connectivity index (χ4v) is 3.49. The Morgan fingerprint density at radius 1 is 1.19 bits per heavy atom. The molecule has 0 aromatic heterocycles. The van der Waals surface area contributed by atoms with Gasteiger partial charge < -0.3 is 24.4 Å². The molecule has 1 atom stereocenters. The number of fused-ring (bicyclic) bond motifs is 2. The second-order valence-corrected chi connectivity index (χ2v) is 7.20. The average molecular weight is 368 g/mol. The number of phenolic OH excluding ortho intramolecular Hbond substituents is 2. The number of methoxy groups -OCH3 is 1. The summed E-state index contributed by atoms with van der Waals surface area (Å²) in [6.07, 6.45) is 3.66. The van der Waals surface area contributed by atoms with Gasteiger partial charge in [-0.2, -0.15) is 0 Å². The van der Waals surface area contributed by atoms with Gasteiger partial charge in [0.2, 0.25) is 0 Å². The van der Waals surface area contributed by atoms with Crippen molar-refractivity contribution in [2.45, 2.75) is 25.4 Å². The minimum absolute atomic E-state index is 0.00222. The van der Waals surface area contributed by atoms with E-state index >= 15 is 0 Å². The first kappa shape index (κ1) is 17.3. The summed E-state index contributed by atoms with van der Waals surface area (Å²) >= 11 is 0. The lowest BCUT2D eigenvalue weighted by atomic mass is 9.86. The van der Waals surface area contributed by atoms with Crippen molar-refractivity contribution in [3.05, 3.63) is 47.0 Å². The third kappa shape index (κ3) is 2.77. The number of ether oxygens (including phenoxy) is 3. The van der Waals surface area contributed by atoms with Gasteiger partial charge in [0.1, 0.15) is 46.5 Å². The second-order valence-electron chi connectivity index (χ2n) is 7.20. The largest absolute Gasteiger partial charge is 0.508 e. The standard InChI is InChI=1S/C21H20O6/c1-21(2)7-6-13-15(27-21)5-4-12(19(13)23)14-10-26-17-9-11(22)8-16(25-3)18(17)20(14)24/h4-9,14,22-23H,10H2,1-3H3/t14-/m0/s1. The molecule has 0 amide bonds. The molecule has 2 aromatic carbocycles. The number of hydrogen-bond donors (Lipinski definition) is 2. The Bertz CT molecular complexity index is 956. The molecule has 0 bridgehead atoms. The van der Waals surface area contributed by atoms with Gasteiger partial charge in [-0.15, -0.1) is 0 Å². The summed E-state index contributed by atoms with van der Waals surface area (Å²) < 4.78 is 16.8. The number of hydrogen-bond acceptors (Lipinski definition) is 6. The lowest BCUT2D eigenvalue weighted by molar-refractivity contribution is 0.0889. The van der Waals surface area contributed by atoms with Crippen LogP contribution in [0.25, 0.3) is 6.08 Å². The minimum atomic E-state index is -0.690. The van der Waals surface area contributed by atoms with E-state index in [-0.39, 0.29) is 41.0 Å². The Morgan fingerprint density at radius 2 is 1.96 bits per heavy atom. The quantitative estimate of drug-likeness (QED) is 0.842. The highest BCUT2D eigenvalue weighted by Gasteiger charge is 2.36. The van der Waals surface area contributed by atoms with Gasteiger partial charge in [-0.1, -0.05) is 6.07 Å². The maximum Gasteiger partial charge on any atom is 0.181 e. The number of ketones is 1. The number of Topliss-reactive ketones (excluding diaryl/α,β-unsaturated/α-hetero) is 1. The van der Waals surface area contributed by atoms with E-state index in [0.717, 1.165) is 0 Å². The Balaban J connectivity index is 1.77. The molecule has 140 valence electrons. The zero-order valence-electron chi connectivity index (χ0n) is 15.3. The zero-order chi connectivity index (χ0) is 19.3. The van der Waals surface area contributed by atoms with Crippen LogP contribution in [-0.2, 0) is 0 Å². The Morgan fingerprint density at radius 3 is 2.70 bits per heavy atom. The van der Waals surface area contributed by atoms with Crippen LogP contribution in [-0.4, -0.2) is 35.3 Å². The fourth-order valence-electron chi connectivity index (χ4n) is 3.49. The summed E-state index contributed by atoms with van der Waals surface area (Å²) in [6, 6.07) is 6.20. The number of rotatable bonds is 2. The lowest BCUT2D eigenvalue weighted by Gasteiger charge is -2.30. The average Bonchev–Trinajstić information content (AvgIpc) is 2.61. The number of phenols is 2. The van der Waals surface area contributed by atoms with Gasteiger partial charge in [0.05, 0.1) is 18.6 Å². The molecule has 0 radical (unpaired) electrons. The number of carbonyl (C=O) groups excluding carboxylic acids is 1. The molecule has 2 aromatic rings. The first-order chi connectivity index (χ1) is 12.8. The molecule has 0 saturated carbocycles. The summed E-state index contributed by atoms with van der Waals surface area (Å²) in [7, 11) is 1.42. The van der Waals surface area contributed by atoms with Gasteiger partial charge in [0, 0.05) is 17.7 Å². The van der Waals surface area contributed by atoms with Crippen molar-refractivity contribution in [2.75, 3.05) is 13.7 Å². The molecule has 0 spiro atoms. The van der Waals surface area contributed by atoms with Gasteiger partial charge >= 0.3 is 0 Å². The van der Waals surface area contributed by atoms with Crippen LogP contribution in [0.5, 0.6) is 28.7 Å². The minimum Gasteiger partial charge on any atom is -0.508 e. The van der Waals surface area contributed by atoms with Crippen LogP contribution in [0.3, 0.4) is 0 Å². The van der Waals surface area contributed by atoms with Gasteiger partial charge in [0.15, 0.2) is 5.78 Å². The molecule has 0 aliphatic carbocycles. The SMILES string of the molecule is COc1cc(O)cc2c1C(=O)[C@H](c1ccc3c(c1O)C=CC(C)(C)O3)CO2. The van der Waals surface area contributed by atoms with Crippen LogP contribution >= 0.6 is 0 Å². The van der Waals surface area contributed by atoms with Crippen molar-refractivity contribution < 1.29 is 29.2 Å². The molecule has 27 heavy (non-hydrogen) atoms. The monoisotopic (exact) mass is 368 g/mol. The van der Waals surface area contributed by atoms with E-state index in [9.17, 15) is 15.0 Å². The molecule has 0 fully saturated rings. The topological polar surface area (TPSA) is 85.2 Å². The third-order valence-corrected chi connectivity index (χ3v) is 4.85. The van der Waals surface area contributed by atoms with Gasteiger partial charge in [-0.25, -0.2) is 0 Å². The highest BCUT2D eigenvalue weighted by Crippen LogP contribution is 2.45. The Kier molecular flexibility index (Phi) is 3.80. The lowest BCUT2D eigenvalue weighted by Crippen LogP contribution is -2.28. The Hall–Kier alpha value is -3.15. The first-order valence-corrected chi connectivity index (χ1v) is 8.63. The van der Waals surface area contributed by atoms with Crippen LogP contribution in [0.2, 0.25) is 0 Å².